The van der Waals surface area contributed by atoms with Crippen molar-refractivity contribution in [1.82, 2.24) is 24.8 Å². The molecule has 2 aromatic heterocycles. The minimum absolute atomic E-state index is 0.186. The Bertz CT molecular complexity index is 1030. The Morgan fingerprint density at radius 3 is 2.83 bits per heavy atom. The van der Waals surface area contributed by atoms with Gasteiger partial charge in [-0.15, -0.1) is 11.3 Å². The standard InChI is InChI=1S/C18H20FN7O2S/c1-25-9-14(20)23-15(25)16(27)26(2)8-13-10-29-18(22-13)24-17(28)21-7-11-4-3-5-12(19)6-11/h3-6,9-10H,7-8,20H2,1-2H3,(H2,21,22,24,28). The number of rotatable bonds is 6. The van der Waals surface area contributed by atoms with Gasteiger partial charge in [-0.25, -0.2) is 19.2 Å². The predicted octanol–water partition coefficient (Wildman–Crippen LogP) is 2.19. The first-order valence-corrected chi connectivity index (χ1v) is 9.48. The second-order valence-corrected chi connectivity index (χ2v) is 7.20. The predicted molar refractivity (Wildman–Crippen MR) is 108 cm³/mol. The van der Waals surface area contributed by atoms with Gasteiger partial charge >= 0.3 is 6.03 Å². The third kappa shape index (κ3) is 5.29. The fraction of sp³-hybridized carbons (Fsp3) is 0.222. The Hall–Kier alpha value is -3.47. The van der Waals surface area contributed by atoms with Crippen LogP contribution in [0.15, 0.2) is 35.8 Å². The monoisotopic (exact) mass is 417 g/mol. The van der Waals surface area contributed by atoms with Gasteiger partial charge in [-0.3, -0.25) is 10.1 Å². The van der Waals surface area contributed by atoms with E-state index in [1.54, 1.807) is 42.4 Å². The molecule has 0 aliphatic carbocycles. The molecule has 0 fully saturated rings. The molecule has 0 saturated carbocycles. The number of nitrogens with one attached hydrogen (secondary N) is 2. The summed E-state index contributed by atoms with van der Waals surface area (Å²) < 4.78 is 14.7. The van der Waals surface area contributed by atoms with E-state index in [4.69, 9.17) is 5.73 Å². The van der Waals surface area contributed by atoms with Crippen molar-refractivity contribution >= 4 is 34.2 Å². The summed E-state index contributed by atoms with van der Waals surface area (Å²) in [6, 6.07) is 5.53. The zero-order valence-electron chi connectivity index (χ0n) is 15.8. The summed E-state index contributed by atoms with van der Waals surface area (Å²) in [6.07, 6.45) is 1.56. The second kappa shape index (κ2) is 8.69. The number of nitrogens with zero attached hydrogens (tertiary/aromatic N) is 4. The summed E-state index contributed by atoms with van der Waals surface area (Å²) in [5, 5.41) is 7.39. The average Bonchev–Trinajstić information content (AvgIpc) is 3.24. The molecule has 0 saturated heterocycles. The number of aromatic nitrogens is 3. The van der Waals surface area contributed by atoms with Gasteiger partial charge in [0.15, 0.2) is 5.13 Å². The molecule has 0 unspecified atom stereocenters. The van der Waals surface area contributed by atoms with E-state index in [9.17, 15) is 14.0 Å². The molecule has 0 atom stereocenters. The summed E-state index contributed by atoms with van der Waals surface area (Å²) in [6.45, 7) is 0.431. The second-order valence-electron chi connectivity index (χ2n) is 6.34. The van der Waals surface area contributed by atoms with Gasteiger partial charge in [0, 0.05) is 32.2 Å². The molecule has 0 spiro atoms. The van der Waals surface area contributed by atoms with Crippen LogP contribution in [0.25, 0.3) is 0 Å². The molecular weight excluding hydrogens is 397 g/mol. The van der Waals surface area contributed by atoms with Crippen LogP contribution in [-0.2, 0) is 20.1 Å². The molecule has 29 heavy (non-hydrogen) atoms. The molecule has 2 heterocycles. The molecule has 152 valence electrons. The topological polar surface area (TPSA) is 118 Å². The van der Waals surface area contributed by atoms with Crippen molar-refractivity contribution in [3.05, 3.63) is 58.7 Å². The van der Waals surface area contributed by atoms with E-state index in [0.29, 0.717) is 16.4 Å². The normalized spacial score (nSPS) is 10.6. The smallest absolute Gasteiger partial charge is 0.321 e. The number of carbonyl (C=O) groups excluding carboxylic acids is 2. The Labute approximate surface area is 170 Å². The van der Waals surface area contributed by atoms with Gasteiger partial charge in [0.25, 0.3) is 5.91 Å². The third-order valence-electron chi connectivity index (χ3n) is 3.95. The van der Waals surface area contributed by atoms with E-state index in [-0.39, 0.29) is 36.5 Å². The molecule has 3 aromatic rings. The number of amides is 3. The Kier molecular flexibility index (Phi) is 6.07. The number of hydrogen-bond acceptors (Lipinski definition) is 6. The van der Waals surface area contributed by atoms with Crippen molar-refractivity contribution in [2.75, 3.05) is 18.1 Å². The van der Waals surface area contributed by atoms with Crippen molar-refractivity contribution in [1.29, 1.82) is 0 Å². The number of benzene rings is 1. The van der Waals surface area contributed by atoms with Crippen LogP contribution in [0.1, 0.15) is 21.9 Å². The van der Waals surface area contributed by atoms with E-state index in [2.05, 4.69) is 20.6 Å². The summed E-state index contributed by atoms with van der Waals surface area (Å²) in [4.78, 5) is 34.2. The maximum absolute atomic E-state index is 13.2. The first-order chi connectivity index (χ1) is 13.8. The SMILES string of the molecule is CN(Cc1csc(NC(=O)NCc2cccc(F)c2)n1)C(=O)c1nc(N)cn1C. The third-order valence-corrected chi connectivity index (χ3v) is 4.75. The van der Waals surface area contributed by atoms with Gasteiger partial charge in [0.2, 0.25) is 5.82 Å². The molecule has 0 aliphatic heterocycles. The zero-order chi connectivity index (χ0) is 21.0. The van der Waals surface area contributed by atoms with Crippen LogP contribution >= 0.6 is 11.3 Å². The first kappa shape index (κ1) is 20.3. The van der Waals surface area contributed by atoms with Crippen LogP contribution in [0.3, 0.4) is 0 Å². The van der Waals surface area contributed by atoms with E-state index in [1.165, 1.54) is 28.4 Å². The number of halogens is 1. The molecule has 11 heteroatoms. The van der Waals surface area contributed by atoms with Gasteiger partial charge in [0.1, 0.15) is 11.6 Å². The maximum Gasteiger partial charge on any atom is 0.321 e. The molecule has 0 aliphatic rings. The fourth-order valence-corrected chi connectivity index (χ4v) is 3.28. The number of imidazole rings is 1. The minimum atomic E-state index is -0.455. The fourth-order valence-electron chi connectivity index (χ4n) is 2.58. The molecule has 0 radical (unpaired) electrons. The number of aryl methyl sites for hydroxylation is 1. The largest absolute Gasteiger partial charge is 0.382 e. The number of thiazole rings is 1. The lowest BCUT2D eigenvalue weighted by molar-refractivity contribution is 0.0768. The van der Waals surface area contributed by atoms with Gasteiger partial charge in [-0.2, -0.15) is 0 Å². The highest BCUT2D eigenvalue weighted by molar-refractivity contribution is 7.13. The maximum atomic E-state index is 13.2. The van der Waals surface area contributed by atoms with Crippen LogP contribution in [0.4, 0.5) is 20.1 Å². The van der Waals surface area contributed by atoms with E-state index < -0.39 is 6.03 Å². The quantitative estimate of drug-likeness (QED) is 0.568. The highest BCUT2D eigenvalue weighted by Crippen LogP contribution is 2.17. The molecule has 4 N–H and O–H groups in total. The van der Waals surface area contributed by atoms with Crippen molar-refractivity contribution < 1.29 is 14.0 Å². The lowest BCUT2D eigenvalue weighted by Crippen LogP contribution is -2.29. The number of nitrogen functional groups attached to an aromatic ring is 1. The lowest BCUT2D eigenvalue weighted by Gasteiger charge is -2.15. The molecule has 3 amide bonds. The lowest BCUT2D eigenvalue weighted by atomic mass is 10.2. The average molecular weight is 417 g/mol. The van der Waals surface area contributed by atoms with Crippen LogP contribution in [-0.4, -0.2) is 38.4 Å². The van der Waals surface area contributed by atoms with Crippen molar-refractivity contribution in [2.24, 2.45) is 7.05 Å². The molecular formula is C18H20FN7O2S. The van der Waals surface area contributed by atoms with Crippen LogP contribution in [0.2, 0.25) is 0 Å². The number of hydrogen-bond donors (Lipinski definition) is 3. The van der Waals surface area contributed by atoms with Crippen LogP contribution < -0.4 is 16.4 Å². The summed E-state index contributed by atoms with van der Waals surface area (Å²) in [5.74, 6) is -0.148. The van der Waals surface area contributed by atoms with Gasteiger partial charge < -0.3 is 20.5 Å². The van der Waals surface area contributed by atoms with Gasteiger partial charge in [-0.05, 0) is 17.7 Å². The minimum Gasteiger partial charge on any atom is -0.382 e. The van der Waals surface area contributed by atoms with E-state index in [0.717, 1.165) is 0 Å². The Morgan fingerprint density at radius 2 is 2.14 bits per heavy atom. The Balaban J connectivity index is 1.52. The van der Waals surface area contributed by atoms with Crippen LogP contribution in [0, 0.1) is 5.82 Å². The van der Waals surface area contributed by atoms with Crippen molar-refractivity contribution in [3.63, 3.8) is 0 Å². The molecule has 0 bridgehead atoms. The summed E-state index contributed by atoms with van der Waals surface area (Å²) in [5.41, 5.74) is 6.88. The van der Waals surface area contributed by atoms with Crippen LogP contribution in [0.5, 0.6) is 0 Å². The van der Waals surface area contributed by atoms with Crippen molar-refractivity contribution in [3.8, 4) is 0 Å². The number of nitrogens with two attached hydrogens (primary N) is 1. The Morgan fingerprint density at radius 1 is 1.34 bits per heavy atom. The number of urea groups is 1. The highest BCUT2D eigenvalue weighted by atomic mass is 32.1. The van der Waals surface area contributed by atoms with E-state index >= 15 is 0 Å². The molecule has 3 rings (SSSR count). The highest BCUT2D eigenvalue weighted by Gasteiger charge is 2.19. The van der Waals surface area contributed by atoms with Crippen molar-refractivity contribution in [2.45, 2.75) is 13.1 Å². The summed E-state index contributed by atoms with van der Waals surface area (Å²) >= 11 is 1.24. The van der Waals surface area contributed by atoms with E-state index in [1.807, 2.05) is 0 Å². The molecule has 9 nitrogen and oxygen atoms in total. The number of anilines is 2. The first-order valence-electron chi connectivity index (χ1n) is 8.60. The van der Waals surface area contributed by atoms with Gasteiger partial charge in [0.05, 0.1) is 12.2 Å². The molecule has 1 aromatic carbocycles. The summed E-state index contributed by atoms with van der Waals surface area (Å²) in [7, 11) is 3.32. The number of carbonyl (C=O) groups is 2. The zero-order valence-corrected chi connectivity index (χ0v) is 16.7. The van der Waals surface area contributed by atoms with Gasteiger partial charge in [-0.1, -0.05) is 12.1 Å².